The zero-order valence-electron chi connectivity index (χ0n) is 6.23. The van der Waals surface area contributed by atoms with Gasteiger partial charge in [-0.15, -0.1) is 0 Å². The van der Waals surface area contributed by atoms with Crippen molar-refractivity contribution in [2.24, 2.45) is 0 Å². The van der Waals surface area contributed by atoms with Gasteiger partial charge < -0.3 is 20.1 Å². The van der Waals surface area contributed by atoms with Gasteiger partial charge in [-0.25, -0.2) is 4.79 Å². The molecule has 0 aliphatic heterocycles. The molecule has 0 saturated carbocycles. The Morgan fingerprint density at radius 1 is 1.50 bits per heavy atom. The summed E-state index contributed by atoms with van der Waals surface area (Å²) in [7, 11) is 0. The molecule has 2 unspecified atom stereocenters. The van der Waals surface area contributed by atoms with Gasteiger partial charge in [0.1, 0.15) is 18.8 Å². The molecule has 0 fully saturated rings. The Bertz CT molecular complexity index is 127. The molecule has 68 valence electrons. The van der Waals surface area contributed by atoms with Crippen LogP contribution >= 0.6 is 0 Å². The Morgan fingerprint density at radius 2 is 2.00 bits per heavy atom. The van der Waals surface area contributed by atoms with Crippen molar-refractivity contribution >= 4 is 35.5 Å². The van der Waals surface area contributed by atoms with E-state index in [0.717, 1.165) is 0 Å². The predicted octanol–water partition coefficient (Wildman–Crippen LogP) is -2.38. The van der Waals surface area contributed by atoms with E-state index < -0.39 is 24.8 Å². The number of hydrogen-bond acceptors (Lipinski definition) is 5. The topological polar surface area (TPSA) is 87.0 Å². The number of rotatable bonds is 4. The summed E-state index contributed by atoms with van der Waals surface area (Å²) in [5.41, 5.74) is 0. The number of ether oxygens (including phenoxy) is 1. The minimum atomic E-state index is -1.19. The molecule has 0 aromatic rings. The Kier molecular flexibility index (Phi) is 9.87. The quantitative estimate of drug-likeness (QED) is 0.338. The van der Waals surface area contributed by atoms with Crippen molar-refractivity contribution in [3.8, 4) is 0 Å². The molecule has 0 rings (SSSR count). The van der Waals surface area contributed by atoms with Gasteiger partial charge in [0.2, 0.25) is 0 Å². The Morgan fingerprint density at radius 3 is 2.33 bits per heavy atom. The maximum atomic E-state index is 10.5. The van der Waals surface area contributed by atoms with Crippen molar-refractivity contribution in [1.82, 2.24) is 0 Å². The van der Waals surface area contributed by atoms with Gasteiger partial charge in [-0.1, -0.05) is 0 Å². The van der Waals surface area contributed by atoms with Crippen molar-refractivity contribution in [2.45, 2.75) is 19.1 Å². The fourth-order valence-corrected chi connectivity index (χ4v) is 0.352. The van der Waals surface area contributed by atoms with Crippen LogP contribution in [0.5, 0.6) is 0 Å². The van der Waals surface area contributed by atoms with Gasteiger partial charge in [-0.3, -0.25) is 0 Å². The molecule has 5 nitrogen and oxygen atoms in total. The molecule has 2 atom stereocenters. The number of hydrogen-bond donors (Lipinski definition) is 3. The standard InChI is InChI=1S/C6H12O5.Na.H/c1-4(8)6(10)11-3-5(9)2-7;;/h4-5,7-9H,2-3H2,1H3;;. The van der Waals surface area contributed by atoms with E-state index in [9.17, 15) is 4.79 Å². The van der Waals surface area contributed by atoms with Gasteiger partial charge in [0.25, 0.3) is 0 Å². The van der Waals surface area contributed by atoms with E-state index in [-0.39, 0.29) is 36.2 Å². The van der Waals surface area contributed by atoms with Crippen molar-refractivity contribution < 1.29 is 24.9 Å². The van der Waals surface area contributed by atoms with E-state index in [1.54, 1.807) is 0 Å². The minimum absolute atomic E-state index is 0. The monoisotopic (exact) mass is 188 g/mol. The van der Waals surface area contributed by atoms with Crippen molar-refractivity contribution in [3.05, 3.63) is 0 Å². The molecular formula is C6H13NaO5. The number of aliphatic hydroxyl groups is 3. The fraction of sp³-hybridized carbons (Fsp3) is 0.833. The predicted molar refractivity (Wildman–Crippen MR) is 42.9 cm³/mol. The van der Waals surface area contributed by atoms with Crippen LogP contribution in [0.1, 0.15) is 6.92 Å². The first-order chi connectivity index (χ1) is 5.07. The van der Waals surface area contributed by atoms with Gasteiger partial charge in [-0.05, 0) is 6.92 Å². The molecule has 0 saturated heterocycles. The first kappa shape index (κ1) is 14.9. The summed E-state index contributed by atoms with van der Waals surface area (Å²) in [5.74, 6) is -0.808. The van der Waals surface area contributed by atoms with E-state index in [4.69, 9.17) is 15.3 Å². The first-order valence-corrected chi connectivity index (χ1v) is 3.21. The molecule has 0 aromatic carbocycles. The van der Waals surface area contributed by atoms with Gasteiger partial charge >= 0.3 is 35.5 Å². The van der Waals surface area contributed by atoms with E-state index in [1.807, 2.05) is 0 Å². The summed E-state index contributed by atoms with van der Waals surface area (Å²) in [6, 6.07) is 0. The van der Waals surface area contributed by atoms with Crippen LogP contribution in [-0.2, 0) is 9.53 Å². The molecule has 0 heterocycles. The van der Waals surface area contributed by atoms with Crippen LogP contribution in [0.3, 0.4) is 0 Å². The van der Waals surface area contributed by atoms with Crippen molar-refractivity contribution in [3.63, 3.8) is 0 Å². The number of esters is 1. The normalized spacial score (nSPS) is 14.3. The molecule has 3 N–H and O–H groups in total. The number of aliphatic hydroxyl groups excluding tert-OH is 3. The second-order valence-corrected chi connectivity index (χ2v) is 2.14. The van der Waals surface area contributed by atoms with Gasteiger partial charge in [0, 0.05) is 0 Å². The van der Waals surface area contributed by atoms with E-state index in [0.29, 0.717) is 0 Å². The zero-order chi connectivity index (χ0) is 8.85. The second-order valence-electron chi connectivity index (χ2n) is 2.14. The van der Waals surface area contributed by atoms with E-state index in [2.05, 4.69) is 4.74 Å². The molecule has 0 amide bonds. The summed E-state index contributed by atoms with van der Waals surface area (Å²) in [5, 5.41) is 25.6. The van der Waals surface area contributed by atoms with Gasteiger partial charge in [0.05, 0.1) is 6.61 Å². The van der Waals surface area contributed by atoms with Crippen LogP contribution in [0.15, 0.2) is 0 Å². The number of carbonyl (C=O) groups excluding carboxylic acids is 1. The third-order valence-electron chi connectivity index (χ3n) is 0.970. The van der Waals surface area contributed by atoms with E-state index >= 15 is 0 Å². The van der Waals surface area contributed by atoms with Crippen LogP contribution in [0, 0.1) is 0 Å². The molecule has 0 aliphatic carbocycles. The summed E-state index contributed by atoms with van der Waals surface area (Å²) in [6.45, 7) is 0.501. The van der Waals surface area contributed by atoms with Crippen LogP contribution in [-0.4, -0.2) is 76.3 Å². The summed E-state index contributed by atoms with van der Waals surface area (Å²) >= 11 is 0. The third kappa shape index (κ3) is 7.02. The number of carbonyl (C=O) groups is 1. The summed E-state index contributed by atoms with van der Waals surface area (Å²) in [4.78, 5) is 10.5. The van der Waals surface area contributed by atoms with Crippen molar-refractivity contribution in [1.29, 1.82) is 0 Å². The summed E-state index contributed by atoms with van der Waals surface area (Å²) in [6.07, 6.45) is -2.27. The fourth-order valence-electron chi connectivity index (χ4n) is 0.352. The molecular weight excluding hydrogens is 175 g/mol. The average Bonchev–Trinajstić information content (AvgIpc) is 1.99. The molecule has 0 spiro atoms. The maximum absolute atomic E-state index is 10.5. The van der Waals surface area contributed by atoms with Crippen LogP contribution < -0.4 is 0 Å². The molecule has 0 aliphatic rings. The SMILES string of the molecule is CC(O)C(=O)OCC(O)CO.[NaH]. The van der Waals surface area contributed by atoms with Gasteiger partial charge in [0.15, 0.2) is 0 Å². The van der Waals surface area contributed by atoms with Crippen LogP contribution in [0.4, 0.5) is 0 Å². The van der Waals surface area contributed by atoms with Crippen LogP contribution in [0.25, 0.3) is 0 Å². The average molecular weight is 188 g/mol. The molecule has 0 aromatic heterocycles. The molecule has 0 radical (unpaired) electrons. The zero-order valence-corrected chi connectivity index (χ0v) is 6.23. The molecule has 0 bridgehead atoms. The molecule has 6 heteroatoms. The van der Waals surface area contributed by atoms with Crippen molar-refractivity contribution in [2.75, 3.05) is 13.2 Å². The third-order valence-corrected chi connectivity index (χ3v) is 0.970. The summed E-state index contributed by atoms with van der Waals surface area (Å²) < 4.78 is 4.36. The Hall–Kier alpha value is 0.350. The first-order valence-electron chi connectivity index (χ1n) is 3.21. The Balaban J connectivity index is 0. The molecule has 12 heavy (non-hydrogen) atoms. The second kappa shape index (κ2) is 7.97. The van der Waals surface area contributed by atoms with Gasteiger partial charge in [-0.2, -0.15) is 0 Å². The Labute approximate surface area is 92.6 Å². The van der Waals surface area contributed by atoms with E-state index in [1.165, 1.54) is 6.92 Å². The van der Waals surface area contributed by atoms with Crippen LogP contribution in [0.2, 0.25) is 0 Å².